The van der Waals surface area contributed by atoms with Crippen molar-refractivity contribution in [3.63, 3.8) is 0 Å². The Morgan fingerprint density at radius 3 is 2.26 bits per heavy atom. The van der Waals surface area contributed by atoms with Crippen LogP contribution in [-0.4, -0.2) is 35.9 Å². The van der Waals surface area contributed by atoms with Gasteiger partial charge in [-0.3, -0.25) is 9.59 Å². The van der Waals surface area contributed by atoms with Gasteiger partial charge in [0.25, 0.3) is 5.91 Å². The number of carbonyl (C=O) groups is 2. The van der Waals surface area contributed by atoms with Crippen LogP contribution in [0, 0.1) is 13.8 Å². The lowest BCUT2D eigenvalue weighted by atomic mass is 10.0. The van der Waals surface area contributed by atoms with E-state index in [1.54, 1.807) is 11.0 Å². The van der Waals surface area contributed by atoms with Crippen molar-refractivity contribution in [2.45, 2.75) is 39.8 Å². The summed E-state index contributed by atoms with van der Waals surface area (Å²) in [5, 5.41) is 3.47. The lowest BCUT2D eigenvalue weighted by molar-refractivity contribution is -0.142. The summed E-state index contributed by atoms with van der Waals surface area (Å²) in [5.41, 5.74) is 3.93. The van der Waals surface area contributed by atoms with Crippen LogP contribution in [0.1, 0.15) is 29.2 Å². The van der Waals surface area contributed by atoms with Gasteiger partial charge < -0.3 is 15.0 Å². The summed E-state index contributed by atoms with van der Waals surface area (Å²) >= 11 is 6.19. The molecule has 6 heteroatoms. The number of aryl methyl sites for hydroxylation is 2. The normalized spacial score (nSPS) is 11.5. The molecule has 0 fully saturated rings. The van der Waals surface area contributed by atoms with Crippen LogP contribution in [0.15, 0.2) is 72.8 Å². The summed E-state index contributed by atoms with van der Waals surface area (Å²) in [4.78, 5) is 28.2. The Balaban J connectivity index is 1.90. The standard InChI is InChI=1S/C28H31ClN2O3/c1-4-30-28(33)26(17-22-9-6-5-7-10-22)31(18-23-11-8-12-24(29)16-23)27(32)19-34-25-14-20(2)13-21(3)15-25/h5-16,26H,4,17-19H2,1-3H3,(H,30,33)/t26-/m0/s1. The number of benzene rings is 3. The van der Waals surface area contributed by atoms with Crippen molar-refractivity contribution in [1.29, 1.82) is 0 Å². The number of ether oxygens (including phenoxy) is 1. The predicted molar refractivity (Wildman–Crippen MR) is 136 cm³/mol. The van der Waals surface area contributed by atoms with Crippen LogP contribution in [-0.2, 0) is 22.6 Å². The third-order valence-corrected chi connectivity index (χ3v) is 5.66. The Kier molecular flexibility index (Phi) is 9.11. The maximum absolute atomic E-state index is 13.5. The molecule has 0 radical (unpaired) electrons. The molecule has 3 aromatic carbocycles. The van der Waals surface area contributed by atoms with E-state index < -0.39 is 6.04 Å². The fraction of sp³-hybridized carbons (Fsp3) is 0.286. The van der Waals surface area contributed by atoms with Gasteiger partial charge >= 0.3 is 0 Å². The third kappa shape index (κ3) is 7.35. The van der Waals surface area contributed by atoms with Crippen molar-refractivity contribution in [3.8, 4) is 5.75 Å². The van der Waals surface area contributed by atoms with Crippen LogP contribution in [0.4, 0.5) is 0 Å². The largest absolute Gasteiger partial charge is 0.484 e. The van der Waals surface area contributed by atoms with Crippen LogP contribution in [0.5, 0.6) is 5.75 Å². The van der Waals surface area contributed by atoms with Gasteiger partial charge in [0, 0.05) is 24.5 Å². The Morgan fingerprint density at radius 1 is 0.941 bits per heavy atom. The van der Waals surface area contributed by atoms with E-state index in [1.165, 1.54) is 0 Å². The highest BCUT2D eigenvalue weighted by atomic mass is 35.5. The van der Waals surface area contributed by atoms with Crippen LogP contribution in [0.25, 0.3) is 0 Å². The number of hydrogen-bond donors (Lipinski definition) is 1. The number of carbonyl (C=O) groups excluding carboxylic acids is 2. The SMILES string of the molecule is CCNC(=O)[C@H](Cc1ccccc1)N(Cc1cccc(Cl)c1)C(=O)COc1cc(C)cc(C)c1. The Hall–Kier alpha value is -3.31. The first-order valence-electron chi connectivity index (χ1n) is 11.4. The maximum Gasteiger partial charge on any atom is 0.261 e. The van der Waals surface area contributed by atoms with Crippen LogP contribution >= 0.6 is 11.6 Å². The van der Waals surface area contributed by atoms with Crippen molar-refractivity contribution >= 4 is 23.4 Å². The van der Waals surface area contributed by atoms with E-state index in [-0.39, 0.29) is 25.0 Å². The quantitative estimate of drug-likeness (QED) is 0.440. The molecule has 178 valence electrons. The van der Waals surface area contributed by atoms with Gasteiger partial charge in [-0.1, -0.05) is 60.1 Å². The number of likely N-dealkylation sites (N-methyl/N-ethyl adjacent to an activating group) is 1. The van der Waals surface area contributed by atoms with Crippen molar-refractivity contribution in [2.75, 3.05) is 13.2 Å². The minimum absolute atomic E-state index is 0.172. The van der Waals surface area contributed by atoms with E-state index in [0.29, 0.717) is 23.7 Å². The molecule has 0 bridgehead atoms. The molecule has 1 atom stereocenters. The molecule has 0 aliphatic heterocycles. The van der Waals surface area contributed by atoms with E-state index in [9.17, 15) is 9.59 Å². The topological polar surface area (TPSA) is 58.6 Å². The van der Waals surface area contributed by atoms with Gasteiger partial charge in [-0.05, 0) is 67.3 Å². The molecular weight excluding hydrogens is 448 g/mol. The monoisotopic (exact) mass is 478 g/mol. The Bertz CT molecular complexity index is 1100. The number of nitrogens with zero attached hydrogens (tertiary/aromatic N) is 1. The minimum Gasteiger partial charge on any atom is -0.484 e. The summed E-state index contributed by atoms with van der Waals surface area (Å²) in [7, 11) is 0. The molecule has 0 aromatic heterocycles. The second-order valence-corrected chi connectivity index (χ2v) is 8.80. The first-order chi connectivity index (χ1) is 16.4. The zero-order chi connectivity index (χ0) is 24.5. The number of halogens is 1. The van der Waals surface area contributed by atoms with Gasteiger partial charge in [0.2, 0.25) is 5.91 Å². The van der Waals surface area contributed by atoms with Gasteiger partial charge in [-0.2, -0.15) is 0 Å². The minimum atomic E-state index is -0.698. The van der Waals surface area contributed by atoms with Gasteiger partial charge in [-0.15, -0.1) is 0 Å². The molecule has 5 nitrogen and oxygen atoms in total. The number of rotatable bonds is 10. The zero-order valence-electron chi connectivity index (χ0n) is 19.9. The van der Waals surface area contributed by atoms with Crippen molar-refractivity contribution in [1.82, 2.24) is 10.2 Å². The molecular formula is C28H31ClN2O3. The molecule has 3 rings (SSSR count). The van der Waals surface area contributed by atoms with E-state index in [2.05, 4.69) is 5.32 Å². The fourth-order valence-corrected chi connectivity index (χ4v) is 4.14. The number of amides is 2. The Morgan fingerprint density at radius 2 is 1.62 bits per heavy atom. The highest BCUT2D eigenvalue weighted by Crippen LogP contribution is 2.19. The summed E-state index contributed by atoms with van der Waals surface area (Å²) in [6, 6.07) is 22.2. The molecule has 0 spiro atoms. The molecule has 0 heterocycles. The van der Waals surface area contributed by atoms with E-state index in [4.69, 9.17) is 16.3 Å². The fourth-order valence-electron chi connectivity index (χ4n) is 3.92. The average molecular weight is 479 g/mol. The summed E-state index contributed by atoms with van der Waals surface area (Å²) in [6.07, 6.45) is 0.391. The highest BCUT2D eigenvalue weighted by Gasteiger charge is 2.30. The smallest absolute Gasteiger partial charge is 0.261 e. The second kappa shape index (κ2) is 12.2. The molecule has 2 amide bonds. The molecule has 3 aromatic rings. The molecule has 1 N–H and O–H groups in total. The van der Waals surface area contributed by atoms with Crippen molar-refractivity contribution in [2.24, 2.45) is 0 Å². The van der Waals surface area contributed by atoms with Crippen molar-refractivity contribution < 1.29 is 14.3 Å². The van der Waals surface area contributed by atoms with E-state index in [1.807, 2.05) is 87.5 Å². The lowest BCUT2D eigenvalue weighted by Crippen LogP contribution is -2.51. The summed E-state index contributed by atoms with van der Waals surface area (Å²) < 4.78 is 5.86. The van der Waals surface area contributed by atoms with Crippen LogP contribution < -0.4 is 10.1 Å². The number of hydrogen-bond acceptors (Lipinski definition) is 3. The first kappa shape index (κ1) is 25.3. The molecule has 0 aliphatic carbocycles. The maximum atomic E-state index is 13.5. The third-order valence-electron chi connectivity index (χ3n) is 5.42. The van der Waals surface area contributed by atoms with Crippen LogP contribution in [0.2, 0.25) is 5.02 Å². The van der Waals surface area contributed by atoms with Crippen LogP contribution in [0.3, 0.4) is 0 Å². The molecule has 0 saturated heterocycles. The van der Waals surface area contributed by atoms with Gasteiger partial charge in [0.05, 0.1) is 0 Å². The second-order valence-electron chi connectivity index (χ2n) is 8.36. The van der Waals surface area contributed by atoms with Gasteiger partial charge in [0.15, 0.2) is 6.61 Å². The summed E-state index contributed by atoms with van der Waals surface area (Å²) in [5.74, 6) is 0.158. The molecule has 34 heavy (non-hydrogen) atoms. The molecule has 0 aliphatic rings. The Labute approximate surface area is 206 Å². The zero-order valence-corrected chi connectivity index (χ0v) is 20.6. The summed E-state index contributed by atoms with van der Waals surface area (Å²) in [6.45, 7) is 6.38. The molecule has 0 saturated carbocycles. The van der Waals surface area contributed by atoms with Gasteiger partial charge in [0.1, 0.15) is 11.8 Å². The van der Waals surface area contributed by atoms with Crippen molar-refractivity contribution in [3.05, 3.63) is 100 Å². The van der Waals surface area contributed by atoms with E-state index >= 15 is 0 Å². The van der Waals surface area contributed by atoms with E-state index in [0.717, 1.165) is 22.3 Å². The molecule has 0 unspecified atom stereocenters. The highest BCUT2D eigenvalue weighted by molar-refractivity contribution is 6.30. The average Bonchev–Trinajstić information content (AvgIpc) is 2.80. The lowest BCUT2D eigenvalue weighted by Gasteiger charge is -2.31. The van der Waals surface area contributed by atoms with Gasteiger partial charge in [-0.25, -0.2) is 0 Å². The first-order valence-corrected chi connectivity index (χ1v) is 11.8. The number of nitrogens with one attached hydrogen (secondary N) is 1. The predicted octanol–water partition coefficient (Wildman–Crippen LogP) is 5.11.